The second kappa shape index (κ2) is 9.07. The maximum absolute atomic E-state index is 11.9. The van der Waals surface area contributed by atoms with Crippen LogP contribution in [0.4, 0.5) is 10.5 Å². The van der Waals surface area contributed by atoms with Gasteiger partial charge in [-0.25, -0.2) is 4.79 Å². The van der Waals surface area contributed by atoms with Crippen LogP contribution >= 0.6 is 0 Å². The molecule has 26 heavy (non-hydrogen) atoms. The molecule has 0 unspecified atom stereocenters. The summed E-state index contributed by atoms with van der Waals surface area (Å²) in [6.07, 6.45) is 0.779. The zero-order chi connectivity index (χ0) is 19.1. The first-order valence-electron chi connectivity index (χ1n) is 8.61. The molecular formula is C18H24N2O6. The molecule has 1 aliphatic rings. The Balaban J connectivity index is 1.83. The Kier molecular flexibility index (Phi) is 6.82. The molecule has 1 fully saturated rings. The summed E-state index contributed by atoms with van der Waals surface area (Å²) in [6, 6.07) is 4.18. The Morgan fingerprint density at radius 2 is 1.77 bits per heavy atom. The number of carbonyl (C=O) groups excluding carboxylic acids is 3. The van der Waals surface area contributed by atoms with Gasteiger partial charge in [0.05, 0.1) is 19.1 Å². The van der Waals surface area contributed by atoms with Crippen LogP contribution < -0.4 is 20.1 Å². The topological polar surface area (TPSA) is 103 Å². The van der Waals surface area contributed by atoms with Gasteiger partial charge in [0, 0.05) is 11.8 Å². The number of ether oxygens (including phenoxy) is 3. The van der Waals surface area contributed by atoms with E-state index in [4.69, 9.17) is 14.2 Å². The second-order valence-electron chi connectivity index (χ2n) is 5.96. The molecule has 2 atom stereocenters. The van der Waals surface area contributed by atoms with Gasteiger partial charge in [-0.15, -0.1) is 0 Å². The molecule has 2 N–H and O–H groups in total. The molecule has 0 spiro atoms. The van der Waals surface area contributed by atoms with Gasteiger partial charge >= 0.3 is 12.0 Å². The summed E-state index contributed by atoms with van der Waals surface area (Å²) in [6.45, 7) is 6.08. The van der Waals surface area contributed by atoms with Gasteiger partial charge in [-0.05, 0) is 38.3 Å². The number of esters is 1. The van der Waals surface area contributed by atoms with E-state index in [1.54, 1.807) is 18.2 Å². The average Bonchev–Trinajstić information content (AvgIpc) is 3.32. The van der Waals surface area contributed by atoms with E-state index in [1.807, 2.05) is 20.8 Å². The average molecular weight is 364 g/mol. The van der Waals surface area contributed by atoms with Gasteiger partial charge in [-0.1, -0.05) is 6.92 Å². The second-order valence-corrected chi connectivity index (χ2v) is 5.96. The monoisotopic (exact) mass is 364 g/mol. The number of hydrogen-bond acceptors (Lipinski definition) is 6. The molecule has 2 rings (SSSR count). The van der Waals surface area contributed by atoms with Gasteiger partial charge < -0.3 is 19.5 Å². The van der Waals surface area contributed by atoms with Gasteiger partial charge in [0.2, 0.25) is 0 Å². The third-order valence-electron chi connectivity index (χ3n) is 3.81. The minimum Gasteiger partial charge on any atom is -0.490 e. The zero-order valence-electron chi connectivity index (χ0n) is 15.2. The van der Waals surface area contributed by atoms with Gasteiger partial charge in [-0.3, -0.25) is 14.9 Å². The molecule has 0 heterocycles. The van der Waals surface area contributed by atoms with Crippen LogP contribution in [0.25, 0.3) is 0 Å². The van der Waals surface area contributed by atoms with Crippen molar-refractivity contribution in [2.75, 3.05) is 25.1 Å². The standard InChI is InChI=1S/C18H24N2O6/c1-4-24-14-7-6-12(9-15(14)25-5-2)19-18(23)20-16(21)10-26-17(22)13-8-11(13)3/h6-7,9,11,13H,4-5,8,10H2,1-3H3,(H2,19,20,21,23)/t11-,13+/m0/s1. The molecule has 0 bridgehead atoms. The highest BCUT2D eigenvalue weighted by Crippen LogP contribution is 2.38. The Labute approximate surface area is 152 Å². The van der Waals surface area contributed by atoms with Crippen molar-refractivity contribution in [2.24, 2.45) is 11.8 Å². The van der Waals surface area contributed by atoms with Crippen molar-refractivity contribution < 1.29 is 28.6 Å². The Bertz CT molecular complexity index is 676. The molecular weight excluding hydrogens is 340 g/mol. The predicted molar refractivity (Wildman–Crippen MR) is 94.2 cm³/mol. The highest BCUT2D eigenvalue weighted by atomic mass is 16.5. The maximum atomic E-state index is 11.9. The van der Waals surface area contributed by atoms with Crippen molar-refractivity contribution in [3.8, 4) is 11.5 Å². The summed E-state index contributed by atoms with van der Waals surface area (Å²) in [5, 5.41) is 4.63. The molecule has 142 valence electrons. The van der Waals surface area contributed by atoms with E-state index in [-0.39, 0.29) is 5.92 Å². The molecule has 8 nitrogen and oxygen atoms in total. The lowest BCUT2D eigenvalue weighted by Crippen LogP contribution is -2.37. The third kappa shape index (κ3) is 5.65. The lowest BCUT2D eigenvalue weighted by molar-refractivity contribution is -0.149. The molecule has 1 aromatic rings. The van der Waals surface area contributed by atoms with E-state index in [9.17, 15) is 14.4 Å². The van der Waals surface area contributed by atoms with Crippen molar-refractivity contribution >= 4 is 23.6 Å². The van der Waals surface area contributed by atoms with Crippen molar-refractivity contribution in [3.05, 3.63) is 18.2 Å². The fraction of sp³-hybridized carbons (Fsp3) is 0.500. The van der Waals surface area contributed by atoms with Gasteiger partial charge in [-0.2, -0.15) is 0 Å². The fourth-order valence-corrected chi connectivity index (χ4v) is 2.35. The van der Waals surface area contributed by atoms with Gasteiger partial charge in [0.1, 0.15) is 0 Å². The largest absolute Gasteiger partial charge is 0.490 e. The molecule has 1 aliphatic carbocycles. The van der Waals surface area contributed by atoms with Crippen molar-refractivity contribution in [3.63, 3.8) is 0 Å². The van der Waals surface area contributed by atoms with Crippen molar-refractivity contribution in [2.45, 2.75) is 27.2 Å². The smallest absolute Gasteiger partial charge is 0.325 e. The van der Waals surface area contributed by atoms with Crippen LogP contribution in [0.5, 0.6) is 11.5 Å². The molecule has 3 amide bonds. The first kappa shape index (κ1) is 19.6. The maximum Gasteiger partial charge on any atom is 0.325 e. The van der Waals surface area contributed by atoms with E-state index in [1.165, 1.54) is 0 Å². The van der Waals surface area contributed by atoms with Crippen molar-refractivity contribution in [1.82, 2.24) is 5.32 Å². The number of amides is 3. The number of rotatable bonds is 8. The van der Waals surface area contributed by atoms with Gasteiger partial charge in [0.25, 0.3) is 5.91 Å². The summed E-state index contributed by atoms with van der Waals surface area (Å²) < 4.78 is 15.8. The number of urea groups is 1. The first-order valence-corrected chi connectivity index (χ1v) is 8.61. The van der Waals surface area contributed by atoms with E-state index in [0.717, 1.165) is 6.42 Å². The number of carbonyl (C=O) groups is 3. The number of anilines is 1. The SMILES string of the molecule is CCOc1ccc(NC(=O)NC(=O)COC(=O)[C@@H]2C[C@@H]2C)cc1OCC. The number of nitrogens with one attached hydrogen (secondary N) is 2. The highest BCUT2D eigenvalue weighted by molar-refractivity contribution is 6.02. The van der Waals surface area contributed by atoms with Crippen LogP contribution in [0, 0.1) is 11.8 Å². The minimum absolute atomic E-state index is 0.127. The first-order chi connectivity index (χ1) is 12.4. The number of imide groups is 1. The highest BCUT2D eigenvalue weighted by Gasteiger charge is 2.40. The predicted octanol–water partition coefficient (Wildman–Crippen LogP) is 2.33. The van der Waals surface area contributed by atoms with Crippen LogP contribution in [0.3, 0.4) is 0 Å². The van der Waals surface area contributed by atoms with Crippen LogP contribution in [0.15, 0.2) is 18.2 Å². The Hall–Kier alpha value is -2.77. The van der Waals surface area contributed by atoms with Crippen LogP contribution in [0.1, 0.15) is 27.2 Å². The van der Waals surface area contributed by atoms with Gasteiger partial charge in [0.15, 0.2) is 18.1 Å². The molecule has 1 saturated carbocycles. The summed E-state index contributed by atoms with van der Waals surface area (Å²) in [7, 11) is 0. The lowest BCUT2D eigenvalue weighted by Gasteiger charge is -2.13. The molecule has 1 aromatic carbocycles. The summed E-state index contributed by atoms with van der Waals surface area (Å²) in [5.74, 6) is 0.134. The summed E-state index contributed by atoms with van der Waals surface area (Å²) in [5.41, 5.74) is 0.436. The molecule has 0 saturated heterocycles. The number of hydrogen-bond donors (Lipinski definition) is 2. The minimum atomic E-state index is -0.725. The van der Waals surface area contributed by atoms with E-state index in [0.29, 0.717) is 36.3 Å². The normalized spacial score (nSPS) is 17.8. The molecule has 0 aromatic heterocycles. The Morgan fingerprint density at radius 3 is 2.38 bits per heavy atom. The Morgan fingerprint density at radius 1 is 1.12 bits per heavy atom. The van der Waals surface area contributed by atoms with Crippen LogP contribution in [-0.4, -0.2) is 37.7 Å². The summed E-state index contributed by atoms with van der Waals surface area (Å²) in [4.78, 5) is 35.1. The van der Waals surface area contributed by atoms with Crippen LogP contribution in [-0.2, 0) is 14.3 Å². The molecule has 8 heteroatoms. The van der Waals surface area contributed by atoms with Crippen LogP contribution in [0.2, 0.25) is 0 Å². The third-order valence-corrected chi connectivity index (χ3v) is 3.81. The quantitative estimate of drug-likeness (QED) is 0.686. The van der Waals surface area contributed by atoms with E-state index in [2.05, 4.69) is 10.6 Å². The lowest BCUT2D eigenvalue weighted by atomic mass is 10.2. The number of benzene rings is 1. The van der Waals surface area contributed by atoms with E-state index < -0.39 is 24.5 Å². The van der Waals surface area contributed by atoms with Crippen molar-refractivity contribution in [1.29, 1.82) is 0 Å². The molecule has 0 radical (unpaired) electrons. The van der Waals surface area contributed by atoms with E-state index >= 15 is 0 Å². The summed E-state index contributed by atoms with van der Waals surface area (Å²) >= 11 is 0. The fourth-order valence-electron chi connectivity index (χ4n) is 2.35. The molecule has 0 aliphatic heterocycles. The zero-order valence-corrected chi connectivity index (χ0v) is 15.2.